The van der Waals surface area contributed by atoms with E-state index in [-0.39, 0.29) is 17.7 Å². The number of amides is 1. The molecule has 1 aromatic heterocycles. The van der Waals surface area contributed by atoms with Gasteiger partial charge in [0, 0.05) is 4.88 Å². The van der Waals surface area contributed by atoms with Gasteiger partial charge in [-0.3, -0.25) is 9.59 Å². The van der Waals surface area contributed by atoms with Crippen LogP contribution in [0.4, 0.5) is 0 Å². The van der Waals surface area contributed by atoms with Gasteiger partial charge in [-0.15, -0.1) is 11.3 Å². The molecule has 5 heteroatoms. The smallest absolute Gasteiger partial charge is 0.307 e. The lowest BCUT2D eigenvalue weighted by Gasteiger charge is -2.41. The summed E-state index contributed by atoms with van der Waals surface area (Å²) in [6, 6.07) is 3.91. The number of carbonyl (C=O) groups is 2. The first kappa shape index (κ1) is 13.4. The van der Waals surface area contributed by atoms with Crippen molar-refractivity contribution in [1.29, 1.82) is 0 Å². The highest BCUT2D eigenvalue weighted by Crippen LogP contribution is 2.45. The molecule has 2 bridgehead atoms. The Morgan fingerprint density at radius 2 is 1.95 bits per heavy atom. The largest absolute Gasteiger partial charge is 0.481 e. The molecule has 1 fully saturated rings. The summed E-state index contributed by atoms with van der Waals surface area (Å²) >= 11 is 1.59. The van der Waals surface area contributed by atoms with E-state index in [1.165, 1.54) is 0 Å². The minimum atomic E-state index is -0.847. The monoisotopic (exact) mass is 291 g/mol. The van der Waals surface area contributed by atoms with Crippen molar-refractivity contribution < 1.29 is 14.7 Å². The molecule has 3 aliphatic rings. The fraction of sp³-hybridized carbons (Fsp3) is 0.467. The number of aliphatic carboxylic acids is 1. The Balaban J connectivity index is 1.72. The molecule has 3 aliphatic carbocycles. The molecule has 2 N–H and O–H groups in total. The fourth-order valence-corrected chi connectivity index (χ4v) is 4.04. The van der Waals surface area contributed by atoms with Gasteiger partial charge < -0.3 is 10.4 Å². The Labute approximate surface area is 121 Å². The van der Waals surface area contributed by atoms with Gasteiger partial charge in [0.05, 0.1) is 18.4 Å². The van der Waals surface area contributed by atoms with E-state index in [4.69, 9.17) is 0 Å². The third-order valence-corrected chi connectivity index (χ3v) is 5.23. The minimum absolute atomic E-state index is 0.00925. The summed E-state index contributed by atoms with van der Waals surface area (Å²) in [5.41, 5.74) is 0. The molecule has 1 amide bonds. The summed E-state index contributed by atoms with van der Waals surface area (Å²) in [5, 5.41) is 14.3. The molecule has 20 heavy (non-hydrogen) atoms. The number of fused-ring (bicyclic) bond motifs is 2. The summed E-state index contributed by atoms with van der Waals surface area (Å²) in [6.45, 7) is 0.487. The molecule has 1 saturated carbocycles. The predicted molar refractivity (Wildman–Crippen MR) is 76.1 cm³/mol. The maximum Gasteiger partial charge on any atom is 0.307 e. The fourth-order valence-electron chi connectivity index (χ4n) is 3.39. The molecular formula is C15H17NO3S. The van der Waals surface area contributed by atoms with Crippen LogP contribution < -0.4 is 5.32 Å². The first-order chi connectivity index (χ1) is 9.66. The first-order valence-electron chi connectivity index (χ1n) is 6.88. The number of hydrogen-bond donors (Lipinski definition) is 2. The van der Waals surface area contributed by atoms with Crippen LogP contribution in [0, 0.1) is 23.7 Å². The highest BCUT2D eigenvalue weighted by Gasteiger charge is 2.48. The van der Waals surface area contributed by atoms with Gasteiger partial charge in [0.15, 0.2) is 0 Å². The molecule has 0 aromatic carbocycles. The minimum Gasteiger partial charge on any atom is -0.481 e. The lowest BCUT2D eigenvalue weighted by molar-refractivity contribution is -0.153. The molecule has 0 unspecified atom stereocenters. The van der Waals surface area contributed by atoms with Crippen LogP contribution in [0.5, 0.6) is 0 Å². The molecule has 1 heterocycles. The molecule has 106 valence electrons. The summed E-state index contributed by atoms with van der Waals surface area (Å²) < 4.78 is 0. The number of carbonyl (C=O) groups excluding carboxylic acids is 1. The van der Waals surface area contributed by atoms with Crippen LogP contribution in [-0.2, 0) is 16.1 Å². The summed E-state index contributed by atoms with van der Waals surface area (Å²) in [7, 11) is 0. The number of nitrogens with one attached hydrogen (secondary N) is 1. The van der Waals surface area contributed by atoms with Gasteiger partial charge >= 0.3 is 5.97 Å². The maximum atomic E-state index is 12.4. The Morgan fingerprint density at radius 3 is 2.50 bits per heavy atom. The Bertz CT molecular complexity index is 537. The predicted octanol–water partition coefficient (Wildman–Crippen LogP) is 2.28. The van der Waals surface area contributed by atoms with Gasteiger partial charge in [-0.2, -0.15) is 0 Å². The van der Waals surface area contributed by atoms with Crippen LogP contribution in [0.3, 0.4) is 0 Å². The van der Waals surface area contributed by atoms with Gasteiger partial charge in [0.2, 0.25) is 5.91 Å². The van der Waals surface area contributed by atoms with Gasteiger partial charge in [-0.1, -0.05) is 18.2 Å². The van der Waals surface area contributed by atoms with E-state index in [1.54, 1.807) is 11.3 Å². The Morgan fingerprint density at radius 1 is 1.25 bits per heavy atom. The Hall–Kier alpha value is -1.62. The average molecular weight is 291 g/mol. The number of carboxylic acids is 1. The van der Waals surface area contributed by atoms with Crippen LogP contribution in [-0.4, -0.2) is 17.0 Å². The zero-order valence-electron chi connectivity index (χ0n) is 11.0. The standard InChI is InChI=1S/C15H17NO3S/c17-14(16-8-11-2-1-7-20-11)12-9-3-5-10(6-4-9)13(12)15(18)19/h1-3,5,7,9-10,12-13H,4,6,8H2,(H,16,17)(H,18,19)/t9-,10+,12+,13+/m1/s1. The normalized spacial score (nSPS) is 31.2. The third kappa shape index (κ3) is 2.38. The van der Waals surface area contributed by atoms with Gasteiger partial charge in [0.25, 0.3) is 0 Å². The summed E-state index contributed by atoms with van der Waals surface area (Å²) in [6.07, 6.45) is 5.81. The molecule has 1 aromatic rings. The van der Waals surface area contributed by atoms with Crippen molar-refractivity contribution in [2.45, 2.75) is 19.4 Å². The number of allylic oxidation sites excluding steroid dienone is 2. The van der Waals surface area contributed by atoms with Crippen molar-refractivity contribution in [1.82, 2.24) is 5.32 Å². The average Bonchev–Trinajstić information content (AvgIpc) is 2.98. The van der Waals surface area contributed by atoms with Gasteiger partial charge in [-0.25, -0.2) is 0 Å². The lowest BCUT2D eigenvalue weighted by Crippen LogP contribution is -2.48. The van der Waals surface area contributed by atoms with E-state index < -0.39 is 17.8 Å². The van der Waals surface area contributed by atoms with Crippen molar-refractivity contribution in [3.63, 3.8) is 0 Å². The molecule has 4 rings (SSSR count). The van der Waals surface area contributed by atoms with E-state index in [0.717, 1.165) is 17.7 Å². The lowest BCUT2D eigenvalue weighted by atomic mass is 9.62. The van der Waals surface area contributed by atoms with Gasteiger partial charge in [0.1, 0.15) is 0 Å². The molecule has 0 saturated heterocycles. The molecular weight excluding hydrogens is 274 g/mol. The van der Waals surface area contributed by atoms with E-state index in [0.29, 0.717) is 6.54 Å². The van der Waals surface area contributed by atoms with Crippen LogP contribution in [0.1, 0.15) is 17.7 Å². The van der Waals surface area contributed by atoms with Crippen molar-refractivity contribution in [3.8, 4) is 0 Å². The number of rotatable bonds is 4. The van der Waals surface area contributed by atoms with E-state index in [9.17, 15) is 14.7 Å². The van der Waals surface area contributed by atoms with Crippen LogP contribution in [0.15, 0.2) is 29.7 Å². The zero-order chi connectivity index (χ0) is 14.1. The number of thiophene rings is 1. The van der Waals surface area contributed by atoms with E-state index in [1.807, 2.05) is 29.7 Å². The highest BCUT2D eigenvalue weighted by atomic mass is 32.1. The molecule has 0 radical (unpaired) electrons. The maximum absolute atomic E-state index is 12.4. The van der Waals surface area contributed by atoms with Crippen LogP contribution in [0.25, 0.3) is 0 Å². The highest BCUT2D eigenvalue weighted by molar-refractivity contribution is 7.09. The number of hydrogen-bond acceptors (Lipinski definition) is 3. The molecule has 0 aliphatic heterocycles. The summed E-state index contributed by atoms with van der Waals surface area (Å²) in [4.78, 5) is 25.0. The quantitative estimate of drug-likeness (QED) is 0.836. The first-order valence-corrected chi connectivity index (χ1v) is 7.76. The van der Waals surface area contributed by atoms with Crippen molar-refractivity contribution in [2.24, 2.45) is 23.7 Å². The van der Waals surface area contributed by atoms with Crippen LogP contribution in [0.2, 0.25) is 0 Å². The number of carboxylic acid groups (broad SMARTS) is 1. The summed E-state index contributed by atoms with van der Waals surface area (Å²) in [5.74, 6) is -1.87. The second kappa shape index (κ2) is 5.40. The molecule has 0 spiro atoms. The van der Waals surface area contributed by atoms with Crippen molar-refractivity contribution in [2.75, 3.05) is 0 Å². The van der Waals surface area contributed by atoms with E-state index >= 15 is 0 Å². The van der Waals surface area contributed by atoms with E-state index in [2.05, 4.69) is 5.32 Å². The van der Waals surface area contributed by atoms with Crippen LogP contribution >= 0.6 is 11.3 Å². The second-order valence-electron chi connectivity index (χ2n) is 5.48. The third-order valence-electron chi connectivity index (χ3n) is 4.35. The van der Waals surface area contributed by atoms with Crippen molar-refractivity contribution in [3.05, 3.63) is 34.5 Å². The second-order valence-corrected chi connectivity index (χ2v) is 6.51. The topological polar surface area (TPSA) is 66.4 Å². The Kier molecular flexibility index (Phi) is 3.61. The molecule has 4 atom stereocenters. The van der Waals surface area contributed by atoms with Gasteiger partial charge in [-0.05, 0) is 36.1 Å². The SMILES string of the molecule is O=C(NCc1cccs1)[C@@H]1[C@@H](C(=O)O)[C@H]2C=C[C@@H]1CC2. The zero-order valence-corrected chi connectivity index (χ0v) is 11.8. The van der Waals surface area contributed by atoms with Crippen molar-refractivity contribution >= 4 is 23.2 Å². The molecule has 4 nitrogen and oxygen atoms in total.